The Bertz CT molecular complexity index is 351. The van der Waals surface area contributed by atoms with Gasteiger partial charge in [-0.15, -0.1) is 5.10 Å². The van der Waals surface area contributed by atoms with E-state index in [0.29, 0.717) is 6.61 Å². The minimum atomic E-state index is -1.70. The summed E-state index contributed by atoms with van der Waals surface area (Å²) in [6.45, 7) is 11.7. The summed E-state index contributed by atoms with van der Waals surface area (Å²) in [6.07, 6.45) is 0. The van der Waals surface area contributed by atoms with Crippen molar-refractivity contribution in [3.05, 3.63) is 10.3 Å². The van der Waals surface area contributed by atoms with Gasteiger partial charge in [0.05, 0.1) is 12.3 Å². The molecule has 0 saturated heterocycles. The maximum Gasteiger partial charge on any atom is 0.192 e. The van der Waals surface area contributed by atoms with Crippen LogP contribution in [0.1, 0.15) is 26.5 Å². The van der Waals surface area contributed by atoms with Gasteiger partial charge in [-0.3, -0.25) is 0 Å². The zero-order chi connectivity index (χ0) is 12.6. The lowest BCUT2D eigenvalue weighted by Gasteiger charge is -2.36. The SMILES string of the molecule is Cn1nnc(Br)c1CO[Si](C)(C)C(C)(C)C. The third-order valence-electron chi connectivity index (χ3n) is 3.27. The van der Waals surface area contributed by atoms with E-state index in [2.05, 4.69) is 60.1 Å². The van der Waals surface area contributed by atoms with Crippen LogP contribution < -0.4 is 0 Å². The molecule has 0 aromatic carbocycles. The van der Waals surface area contributed by atoms with Crippen LogP contribution in [0.5, 0.6) is 0 Å². The topological polar surface area (TPSA) is 39.9 Å². The third-order valence-corrected chi connectivity index (χ3v) is 8.37. The van der Waals surface area contributed by atoms with Crippen molar-refractivity contribution in [3.8, 4) is 0 Å². The fourth-order valence-corrected chi connectivity index (χ4v) is 2.34. The van der Waals surface area contributed by atoms with Crippen LogP contribution in [-0.4, -0.2) is 23.3 Å². The molecule has 6 heteroatoms. The number of halogens is 1. The summed E-state index contributed by atoms with van der Waals surface area (Å²) in [7, 11) is 0.180. The number of hydrogen-bond acceptors (Lipinski definition) is 3. The Labute approximate surface area is 107 Å². The molecule has 0 saturated carbocycles. The fourth-order valence-electron chi connectivity index (χ4n) is 0.970. The number of aryl methyl sites for hydroxylation is 1. The highest BCUT2D eigenvalue weighted by Crippen LogP contribution is 2.37. The Kier molecular flexibility index (Phi) is 3.97. The average molecular weight is 306 g/mol. The minimum absolute atomic E-state index is 0.228. The summed E-state index contributed by atoms with van der Waals surface area (Å²) >= 11 is 3.38. The molecule has 0 aliphatic carbocycles. The molecule has 1 heterocycles. The van der Waals surface area contributed by atoms with E-state index in [-0.39, 0.29) is 5.04 Å². The quantitative estimate of drug-likeness (QED) is 0.806. The molecule has 92 valence electrons. The molecule has 1 aromatic rings. The van der Waals surface area contributed by atoms with Crippen LogP contribution in [0.3, 0.4) is 0 Å². The first-order chi connectivity index (χ1) is 7.15. The van der Waals surface area contributed by atoms with Gasteiger partial charge in [-0.1, -0.05) is 26.0 Å². The molecule has 1 rings (SSSR count). The predicted molar refractivity (Wildman–Crippen MR) is 70.7 cm³/mol. The van der Waals surface area contributed by atoms with Gasteiger partial charge >= 0.3 is 0 Å². The van der Waals surface area contributed by atoms with Gasteiger partial charge in [0.25, 0.3) is 0 Å². The highest BCUT2D eigenvalue weighted by Gasteiger charge is 2.37. The largest absolute Gasteiger partial charge is 0.411 e. The van der Waals surface area contributed by atoms with Crippen LogP contribution in [0.2, 0.25) is 18.1 Å². The molecule has 0 N–H and O–H groups in total. The molecule has 0 spiro atoms. The van der Waals surface area contributed by atoms with Crippen molar-refractivity contribution in [2.24, 2.45) is 7.05 Å². The fraction of sp³-hybridized carbons (Fsp3) is 0.800. The van der Waals surface area contributed by atoms with Crippen LogP contribution in [0, 0.1) is 0 Å². The molecule has 0 aliphatic heterocycles. The second-order valence-electron chi connectivity index (χ2n) is 5.50. The van der Waals surface area contributed by atoms with E-state index in [0.717, 1.165) is 10.3 Å². The molecule has 16 heavy (non-hydrogen) atoms. The van der Waals surface area contributed by atoms with Gasteiger partial charge in [-0.05, 0) is 34.1 Å². The average Bonchev–Trinajstić information content (AvgIpc) is 2.42. The predicted octanol–water partition coefficient (Wildman–Crippen LogP) is 3.10. The van der Waals surface area contributed by atoms with Crippen LogP contribution in [-0.2, 0) is 18.1 Å². The van der Waals surface area contributed by atoms with Crippen LogP contribution >= 0.6 is 15.9 Å². The first kappa shape index (κ1) is 13.9. The van der Waals surface area contributed by atoms with E-state index in [1.807, 2.05) is 7.05 Å². The van der Waals surface area contributed by atoms with E-state index >= 15 is 0 Å². The highest BCUT2D eigenvalue weighted by molar-refractivity contribution is 9.10. The molecule has 0 atom stereocenters. The zero-order valence-electron chi connectivity index (χ0n) is 10.8. The lowest BCUT2D eigenvalue weighted by molar-refractivity contribution is 0.266. The van der Waals surface area contributed by atoms with E-state index in [1.54, 1.807) is 4.68 Å². The van der Waals surface area contributed by atoms with E-state index < -0.39 is 8.32 Å². The van der Waals surface area contributed by atoms with Crippen molar-refractivity contribution in [2.45, 2.75) is 45.5 Å². The molecular weight excluding hydrogens is 286 g/mol. The van der Waals surface area contributed by atoms with E-state index in [4.69, 9.17) is 4.43 Å². The van der Waals surface area contributed by atoms with Gasteiger partial charge in [0.2, 0.25) is 0 Å². The number of rotatable bonds is 3. The molecule has 0 aliphatic rings. The van der Waals surface area contributed by atoms with Crippen LogP contribution in [0.15, 0.2) is 4.60 Å². The van der Waals surface area contributed by atoms with Crippen molar-refractivity contribution in [3.63, 3.8) is 0 Å². The second kappa shape index (κ2) is 4.58. The maximum absolute atomic E-state index is 6.11. The lowest BCUT2D eigenvalue weighted by Crippen LogP contribution is -2.40. The molecular formula is C10H20BrN3OSi. The van der Waals surface area contributed by atoms with E-state index in [9.17, 15) is 0 Å². The number of hydrogen-bond donors (Lipinski definition) is 0. The molecule has 0 radical (unpaired) electrons. The van der Waals surface area contributed by atoms with Crippen molar-refractivity contribution >= 4 is 24.2 Å². The summed E-state index contributed by atoms with van der Waals surface area (Å²) < 4.78 is 8.63. The standard InChI is InChI=1S/C10H20BrN3OSi/c1-10(2,3)16(5,6)15-7-8-9(11)12-13-14(8)4/h7H2,1-6H3. The molecule has 1 aromatic heterocycles. The molecule has 4 nitrogen and oxygen atoms in total. The Morgan fingerprint density at radius 3 is 2.31 bits per heavy atom. The van der Waals surface area contributed by atoms with Gasteiger partial charge in [-0.2, -0.15) is 0 Å². The van der Waals surface area contributed by atoms with Gasteiger partial charge in [0.1, 0.15) is 0 Å². The van der Waals surface area contributed by atoms with Gasteiger partial charge in [0, 0.05) is 7.05 Å². The molecule has 0 bridgehead atoms. The van der Waals surface area contributed by atoms with Crippen molar-refractivity contribution in [1.29, 1.82) is 0 Å². The Balaban J connectivity index is 2.72. The summed E-state index contributed by atoms with van der Waals surface area (Å²) in [4.78, 5) is 0. The van der Waals surface area contributed by atoms with Gasteiger partial charge in [0.15, 0.2) is 12.9 Å². The van der Waals surface area contributed by atoms with Crippen molar-refractivity contribution in [2.75, 3.05) is 0 Å². The molecule has 0 amide bonds. The van der Waals surface area contributed by atoms with Crippen molar-refractivity contribution in [1.82, 2.24) is 15.0 Å². The normalized spacial score (nSPS) is 13.2. The maximum atomic E-state index is 6.11. The summed E-state index contributed by atoms with van der Waals surface area (Å²) in [5.41, 5.74) is 0.991. The summed E-state index contributed by atoms with van der Waals surface area (Å²) in [6, 6.07) is 0. The monoisotopic (exact) mass is 305 g/mol. The zero-order valence-corrected chi connectivity index (χ0v) is 13.4. The summed E-state index contributed by atoms with van der Waals surface area (Å²) in [5.74, 6) is 0. The molecule has 0 fully saturated rings. The van der Waals surface area contributed by atoms with Crippen molar-refractivity contribution < 1.29 is 4.43 Å². The van der Waals surface area contributed by atoms with Gasteiger partial charge in [-0.25, -0.2) is 4.68 Å². The lowest BCUT2D eigenvalue weighted by atomic mass is 10.2. The highest BCUT2D eigenvalue weighted by atomic mass is 79.9. The Hall–Kier alpha value is -0.203. The summed E-state index contributed by atoms with van der Waals surface area (Å²) in [5, 5.41) is 8.11. The van der Waals surface area contributed by atoms with Crippen LogP contribution in [0.25, 0.3) is 0 Å². The molecule has 0 unspecified atom stereocenters. The Morgan fingerprint density at radius 2 is 1.94 bits per heavy atom. The van der Waals surface area contributed by atoms with Gasteiger partial charge < -0.3 is 4.43 Å². The first-order valence-corrected chi connectivity index (χ1v) is 9.03. The third kappa shape index (κ3) is 2.92. The minimum Gasteiger partial charge on any atom is -0.411 e. The number of nitrogens with zero attached hydrogens (tertiary/aromatic N) is 3. The number of aromatic nitrogens is 3. The second-order valence-corrected chi connectivity index (χ2v) is 11.1. The van der Waals surface area contributed by atoms with Crippen LogP contribution in [0.4, 0.5) is 0 Å². The Morgan fingerprint density at radius 1 is 1.38 bits per heavy atom. The first-order valence-electron chi connectivity index (χ1n) is 5.33. The smallest absolute Gasteiger partial charge is 0.192 e. The van der Waals surface area contributed by atoms with E-state index in [1.165, 1.54) is 0 Å².